The van der Waals surface area contributed by atoms with E-state index in [1.165, 1.54) is 12.8 Å². The Kier molecular flexibility index (Phi) is 1.31. The summed E-state index contributed by atoms with van der Waals surface area (Å²) in [5.74, 6) is 0.741. The Morgan fingerprint density at radius 2 is 2.30 bits per heavy atom. The number of fused-ring (bicyclic) bond motifs is 2. The number of hydrogen-bond donors (Lipinski definition) is 1. The highest BCUT2D eigenvalue weighted by atomic mass is 16.1. The Bertz CT molecular complexity index is 167. The minimum Gasteiger partial charge on any atom is -0.310 e. The van der Waals surface area contributed by atoms with Crippen LogP contribution in [-0.2, 0) is 4.79 Å². The van der Waals surface area contributed by atoms with E-state index >= 15 is 0 Å². The van der Waals surface area contributed by atoms with Crippen LogP contribution in [0.3, 0.4) is 0 Å². The van der Waals surface area contributed by atoms with Crippen molar-refractivity contribution in [3.8, 4) is 0 Å². The fourth-order valence-corrected chi connectivity index (χ4v) is 2.06. The molecule has 56 valence electrons. The van der Waals surface area contributed by atoms with E-state index < -0.39 is 0 Å². The number of hydrogen-bond acceptors (Lipinski definition) is 2. The van der Waals surface area contributed by atoms with Crippen LogP contribution in [0.25, 0.3) is 0 Å². The molecule has 10 heavy (non-hydrogen) atoms. The van der Waals surface area contributed by atoms with Crippen LogP contribution in [0.4, 0.5) is 0 Å². The Labute approximate surface area is 61.0 Å². The van der Waals surface area contributed by atoms with Gasteiger partial charge in [-0.15, -0.1) is 0 Å². The van der Waals surface area contributed by atoms with Crippen molar-refractivity contribution in [1.29, 1.82) is 0 Å². The predicted octanol–water partition coefficient (Wildman–Crippen LogP) is 0.716. The topological polar surface area (TPSA) is 29.1 Å². The minimum atomic E-state index is 0.277. The molecule has 0 aromatic rings. The summed E-state index contributed by atoms with van der Waals surface area (Å²) < 4.78 is 0. The summed E-state index contributed by atoms with van der Waals surface area (Å²) in [5, 5.41) is 3.45. The second-order valence-corrected chi connectivity index (χ2v) is 3.51. The fraction of sp³-hybridized carbons (Fsp3) is 0.875. The smallest absolute Gasteiger partial charge is 0.138 e. The lowest BCUT2D eigenvalue weighted by molar-refractivity contribution is -0.124. The highest BCUT2D eigenvalue weighted by molar-refractivity contribution is 5.83. The van der Waals surface area contributed by atoms with Crippen molar-refractivity contribution in [3.63, 3.8) is 0 Å². The molecule has 3 atom stereocenters. The van der Waals surface area contributed by atoms with Crippen molar-refractivity contribution in [2.45, 2.75) is 38.3 Å². The highest BCUT2D eigenvalue weighted by Gasteiger charge is 2.37. The molecule has 0 saturated carbocycles. The van der Waals surface area contributed by atoms with Crippen LogP contribution in [-0.4, -0.2) is 17.9 Å². The van der Waals surface area contributed by atoms with Gasteiger partial charge in [-0.2, -0.15) is 0 Å². The number of Topliss-reactive ketones (excluding diaryl/α,β-unsaturated/α-hetero) is 1. The first-order chi connectivity index (χ1) is 4.77. The van der Waals surface area contributed by atoms with E-state index in [9.17, 15) is 4.79 Å². The second kappa shape index (κ2) is 2.06. The molecule has 0 aromatic heterocycles. The number of nitrogens with one attached hydrogen (secondary N) is 1. The lowest BCUT2D eigenvalue weighted by Gasteiger charge is -2.25. The summed E-state index contributed by atoms with van der Waals surface area (Å²) in [6, 6.07) is 1.03. The zero-order chi connectivity index (χ0) is 7.14. The summed E-state index contributed by atoms with van der Waals surface area (Å²) in [7, 11) is 0. The first-order valence-electron chi connectivity index (χ1n) is 4.06. The zero-order valence-corrected chi connectivity index (χ0v) is 6.26. The zero-order valence-electron chi connectivity index (χ0n) is 6.26. The van der Waals surface area contributed by atoms with E-state index in [1.54, 1.807) is 0 Å². The van der Waals surface area contributed by atoms with E-state index in [0.717, 1.165) is 6.42 Å². The molecule has 0 spiro atoms. The van der Waals surface area contributed by atoms with Gasteiger partial charge in [0.1, 0.15) is 5.78 Å². The van der Waals surface area contributed by atoms with Crippen LogP contribution in [0.15, 0.2) is 0 Å². The Hall–Kier alpha value is -0.370. The Morgan fingerprint density at radius 3 is 3.10 bits per heavy atom. The second-order valence-electron chi connectivity index (χ2n) is 3.51. The van der Waals surface area contributed by atoms with E-state index in [4.69, 9.17) is 0 Å². The van der Waals surface area contributed by atoms with Crippen LogP contribution in [0.2, 0.25) is 0 Å². The average molecular weight is 139 g/mol. The summed E-state index contributed by atoms with van der Waals surface area (Å²) in [4.78, 5) is 11.2. The van der Waals surface area contributed by atoms with Gasteiger partial charge in [0.2, 0.25) is 0 Å². The van der Waals surface area contributed by atoms with Gasteiger partial charge in [-0.1, -0.05) is 6.92 Å². The summed E-state index contributed by atoms with van der Waals surface area (Å²) in [6.45, 7) is 2.04. The third kappa shape index (κ3) is 0.788. The van der Waals surface area contributed by atoms with Crippen LogP contribution in [0.1, 0.15) is 26.2 Å². The summed E-state index contributed by atoms with van der Waals surface area (Å²) in [6.07, 6.45) is 3.19. The normalized spacial score (nSPS) is 46.1. The largest absolute Gasteiger partial charge is 0.310 e. The van der Waals surface area contributed by atoms with E-state index in [1.807, 2.05) is 6.92 Å². The predicted molar refractivity (Wildman–Crippen MR) is 38.7 cm³/mol. The molecule has 0 radical (unpaired) electrons. The van der Waals surface area contributed by atoms with Gasteiger partial charge in [0, 0.05) is 24.4 Å². The Morgan fingerprint density at radius 1 is 1.50 bits per heavy atom. The molecule has 0 unspecified atom stereocenters. The van der Waals surface area contributed by atoms with Gasteiger partial charge in [-0.05, 0) is 12.8 Å². The maximum Gasteiger partial charge on any atom is 0.138 e. The molecule has 2 nitrogen and oxygen atoms in total. The van der Waals surface area contributed by atoms with Gasteiger partial charge in [0.25, 0.3) is 0 Å². The molecule has 1 N–H and O–H groups in total. The first kappa shape index (κ1) is 6.35. The molecule has 2 heteroatoms. The minimum absolute atomic E-state index is 0.277. The number of ketones is 1. The maximum atomic E-state index is 11.2. The van der Waals surface area contributed by atoms with E-state index in [2.05, 4.69) is 5.32 Å². The van der Waals surface area contributed by atoms with Crippen molar-refractivity contribution in [3.05, 3.63) is 0 Å². The van der Waals surface area contributed by atoms with Crippen molar-refractivity contribution in [2.24, 2.45) is 5.92 Å². The van der Waals surface area contributed by atoms with Gasteiger partial charge in [0.05, 0.1) is 0 Å². The quantitative estimate of drug-likeness (QED) is 0.535. The summed E-state index contributed by atoms with van der Waals surface area (Å²) >= 11 is 0. The van der Waals surface area contributed by atoms with Crippen LogP contribution in [0.5, 0.6) is 0 Å². The standard InChI is InChI=1S/C8H13NO/c1-5-7-3-2-6(9-7)4-8(5)10/h5-7,9H,2-4H2,1H3/t5-,6-,7-/m1/s1. The lowest BCUT2D eigenvalue weighted by atomic mass is 9.93. The van der Waals surface area contributed by atoms with Crippen LogP contribution in [0, 0.1) is 5.92 Å². The van der Waals surface area contributed by atoms with Crippen LogP contribution < -0.4 is 5.32 Å². The number of piperidine rings is 1. The molecule has 0 amide bonds. The highest BCUT2D eigenvalue weighted by Crippen LogP contribution is 2.28. The van der Waals surface area contributed by atoms with Gasteiger partial charge in [-0.25, -0.2) is 0 Å². The van der Waals surface area contributed by atoms with Gasteiger partial charge in [0.15, 0.2) is 0 Å². The summed E-state index contributed by atoms with van der Waals surface area (Å²) in [5.41, 5.74) is 0. The number of carbonyl (C=O) groups excluding carboxylic acids is 1. The molecular formula is C8H13NO. The monoisotopic (exact) mass is 139 g/mol. The molecule has 2 heterocycles. The molecule has 2 fully saturated rings. The molecule has 2 bridgehead atoms. The molecule has 2 aliphatic rings. The Balaban J connectivity index is 2.17. The first-order valence-corrected chi connectivity index (χ1v) is 4.06. The molecule has 2 rings (SSSR count). The van der Waals surface area contributed by atoms with Crippen LogP contribution >= 0.6 is 0 Å². The fourth-order valence-electron chi connectivity index (χ4n) is 2.06. The van der Waals surface area contributed by atoms with Gasteiger partial charge in [-0.3, -0.25) is 4.79 Å². The van der Waals surface area contributed by atoms with Gasteiger partial charge >= 0.3 is 0 Å². The number of carbonyl (C=O) groups is 1. The van der Waals surface area contributed by atoms with Crippen molar-refractivity contribution in [1.82, 2.24) is 5.32 Å². The molecule has 0 aliphatic carbocycles. The SMILES string of the molecule is C[C@H]1C(=O)C[C@H]2CC[C@H]1N2. The van der Waals surface area contributed by atoms with Crippen molar-refractivity contribution in [2.75, 3.05) is 0 Å². The molecule has 0 aromatic carbocycles. The average Bonchev–Trinajstić information content (AvgIpc) is 2.29. The third-order valence-corrected chi connectivity index (χ3v) is 2.83. The van der Waals surface area contributed by atoms with E-state index in [0.29, 0.717) is 17.9 Å². The molecule has 2 saturated heterocycles. The number of rotatable bonds is 0. The van der Waals surface area contributed by atoms with Gasteiger partial charge < -0.3 is 5.32 Å². The van der Waals surface area contributed by atoms with Crippen molar-refractivity contribution >= 4 is 5.78 Å². The van der Waals surface area contributed by atoms with Crippen molar-refractivity contribution < 1.29 is 4.79 Å². The van der Waals surface area contributed by atoms with E-state index in [-0.39, 0.29) is 5.92 Å². The molecular weight excluding hydrogens is 126 g/mol. The molecule has 2 aliphatic heterocycles. The third-order valence-electron chi connectivity index (χ3n) is 2.83. The maximum absolute atomic E-state index is 11.2. The lowest BCUT2D eigenvalue weighted by Crippen LogP contribution is -2.44.